The zero-order valence-electron chi connectivity index (χ0n) is 13.9. The standard InChI is InChI=1S/C18H23N3O2S/c22-15(20-9-4-1-5-10-20)8-11-21-12-19-17-16(18(21)23)13-6-2-3-7-14(13)24-17/h12H,1-11H2. The van der Waals surface area contributed by atoms with Crippen LogP contribution in [0.15, 0.2) is 11.1 Å². The fourth-order valence-electron chi connectivity index (χ4n) is 3.86. The lowest BCUT2D eigenvalue weighted by Gasteiger charge is -2.26. The molecule has 1 saturated heterocycles. The van der Waals surface area contributed by atoms with Gasteiger partial charge >= 0.3 is 0 Å². The second-order valence-electron chi connectivity index (χ2n) is 6.83. The highest BCUT2D eigenvalue weighted by Crippen LogP contribution is 2.33. The minimum absolute atomic E-state index is 0.0332. The molecule has 0 radical (unpaired) electrons. The summed E-state index contributed by atoms with van der Waals surface area (Å²) in [5.41, 5.74) is 1.25. The molecule has 2 aliphatic rings. The molecule has 1 aliphatic heterocycles. The number of thiophene rings is 1. The second kappa shape index (κ2) is 6.67. The van der Waals surface area contributed by atoms with E-state index < -0.39 is 0 Å². The van der Waals surface area contributed by atoms with Crippen LogP contribution in [0.4, 0.5) is 0 Å². The van der Waals surface area contributed by atoms with E-state index in [1.165, 1.54) is 23.3 Å². The molecule has 2 aromatic rings. The van der Waals surface area contributed by atoms with Crippen LogP contribution in [0.3, 0.4) is 0 Å². The van der Waals surface area contributed by atoms with Crippen molar-refractivity contribution in [1.29, 1.82) is 0 Å². The van der Waals surface area contributed by atoms with Gasteiger partial charge in [0, 0.05) is 30.9 Å². The third kappa shape index (κ3) is 2.88. The van der Waals surface area contributed by atoms with Gasteiger partial charge in [-0.15, -0.1) is 11.3 Å². The van der Waals surface area contributed by atoms with Crippen molar-refractivity contribution in [2.75, 3.05) is 13.1 Å². The molecule has 0 atom stereocenters. The molecule has 1 amide bonds. The van der Waals surface area contributed by atoms with Crippen LogP contribution in [-0.4, -0.2) is 33.4 Å². The fraction of sp³-hybridized carbons (Fsp3) is 0.611. The summed E-state index contributed by atoms with van der Waals surface area (Å²) < 4.78 is 1.63. The highest BCUT2D eigenvalue weighted by molar-refractivity contribution is 7.18. The smallest absolute Gasteiger partial charge is 0.262 e. The van der Waals surface area contributed by atoms with Gasteiger partial charge in [-0.3, -0.25) is 14.2 Å². The van der Waals surface area contributed by atoms with E-state index in [4.69, 9.17) is 0 Å². The first-order chi connectivity index (χ1) is 11.7. The van der Waals surface area contributed by atoms with Crippen molar-refractivity contribution in [2.24, 2.45) is 0 Å². The highest BCUT2D eigenvalue weighted by Gasteiger charge is 2.21. The van der Waals surface area contributed by atoms with E-state index in [0.717, 1.165) is 55.4 Å². The summed E-state index contributed by atoms with van der Waals surface area (Å²) in [5, 5.41) is 0.808. The van der Waals surface area contributed by atoms with E-state index in [9.17, 15) is 9.59 Å². The van der Waals surface area contributed by atoms with Crippen molar-refractivity contribution >= 4 is 27.5 Å². The van der Waals surface area contributed by atoms with Gasteiger partial charge in [0.1, 0.15) is 4.83 Å². The van der Waals surface area contributed by atoms with E-state index >= 15 is 0 Å². The fourth-order valence-corrected chi connectivity index (χ4v) is 5.08. The molecule has 0 bridgehead atoms. The van der Waals surface area contributed by atoms with Gasteiger partial charge in [-0.05, 0) is 50.5 Å². The van der Waals surface area contributed by atoms with Crippen molar-refractivity contribution in [3.8, 4) is 0 Å². The van der Waals surface area contributed by atoms with Crippen LogP contribution >= 0.6 is 11.3 Å². The summed E-state index contributed by atoms with van der Waals surface area (Å²) in [6, 6.07) is 0. The van der Waals surface area contributed by atoms with E-state index in [0.29, 0.717) is 13.0 Å². The number of carbonyl (C=O) groups excluding carboxylic acids is 1. The Hall–Kier alpha value is -1.69. The monoisotopic (exact) mass is 345 g/mol. The first-order valence-corrected chi connectivity index (χ1v) is 9.83. The van der Waals surface area contributed by atoms with Crippen molar-refractivity contribution in [1.82, 2.24) is 14.5 Å². The van der Waals surface area contributed by atoms with Crippen molar-refractivity contribution in [2.45, 2.75) is 57.9 Å². The van der Waals surface area contributed by atoms with Crippen LogP contribution in [0.5, 0.6) is 0 Å². The predicted molar refractivity (Wildman–Crippen MR) is 95.6 cm³/mol. The van der Waals surface area contributed by atoms with Gasteiger partial charge in [0.15, 0.2) is 0 Å². The Morgan fingerprint density at radius 2 is 1.92 bits per heavy atom. The molecule has 0 aromatic carbocycles. The second-order valence-corrected chi connectivity index (χ2v) is 7.91. The third-order valence-corrected chi connectivity index (χ3v) is 6.42. The molecule has 0 unspecified atom stereocenters. The molecule has 128 valence electrons. The predicted octanol–water partition coefficient (Wildman–Crippen LogP) is 2.74. The summed E-state index contributed by atoms with van der Waals surface area (Å²) in [6.07, 6.45) is 9.84. The molecular formula is C18H23N3O2S. The lowest BCUT2D eigenvalue weighted by Crippen LogP contribution is -2.36. The summed E-state index contributed by atoms with van der Waals surface area (Å²) >= 11 is 1.67. The van der Waals surface area contributed by atoms with Crippen LogP contribution in [0.25, 0.3) is 10.2 Å². The number of aryl methyl sites for hydroxylation is 3. The number of hydrogen-bond donors (Lipinski definition) is 0. The van der Waals surface area contributed by atoms with Crippen molar-refractivity contribution < 1.29 is 4.79 Å². The number of aromatic nitrogens is 2. The normalized spacial score (nSPS) is 17.9. The van der Waals surface area contributed by atoms with E-state index in [1.54, 1.807) is 22.2 Å². The zero-order valence-corrected chi connectivity index (χ0v) is 14.7. The molecule has 6 heteroatoms. The van der Waals surface area contributed by atoms with Crippen LogP contribution < -0.4 is 5.56 Å². The SMILES string of the molecule is O=C(CCn1cnc2sc3c(c2c1=O)CCCC3)N1CCCCC1. The molecule has 1 fully saturated rings. The first kappa shape index (κ1) is 15.8. The lowest BCUT2D eigenvalue weighted by atomic mass is 9.97. The highest BCUT2D eigenvalue weighted by atomic mass is 32.1. The average molecular weight is 345 g/mol. The zero-order chi connectivity index (χ0) is 16.5. The topological polar surface area (TPSA) is 55.2 Å². The van der Waals surface area contributed by atoms with Crippen molar-refractivity contribution in [3.05, 3.63) is 27.1 Å². The van der Waals surface area contributed by atoms with E-state index in [2.05, 4.69) is 4.98 Å². The Balaban J connectivity index is 1.55. The first-order valence-electron chi connectivity index (χ1n) is 9.01. The number of nitrogens with zero attached hydrogens (tertiary/aromatic N) is 3. The van der Waals surface area contributed by atoms with Crippen LogP contribution in [0.1, 0.15) is 49.0 Å². The van der Waals surface area contributed by atoms with Gasteiger partial charge in [0.2, 0.25) is 5.91 Å². The number of rotatable bonds is 3. The number of likely N-dealkylation sites (tertiary alicyclic amines) is 1. The number of hydrogen-bond acceptors (Lipinski definition) is 4. The molecule has 24 heavy (non-hydrogen) atoms. The Labute approximate surface area is 145 Å². The van der Waals surface area contributed by atoms with Crippen LogP contribution in [-0.2, 0) is 24.2 Å². The van der Waals surface area contributed by atoms with E-state index in [1.807, 2.05) is 4.90 Å². The lowest BCUT2D eigenvalue weighted by molar-refractivity contribution is -0.132. The Bertz CT molecular complexity index is 818. The molecule has 0 spiro atoms. The largest absolute Gasteiger partial charge is 0.343 e. The maximum Gasteiger partial charge on any atom is 0.262 e. The number of piperidine rings is 1. The molecular weight excluding hydrogens is 322 g/mol. The molecule has 2 aromatic heterocycles. The molecule has 0 N–H and O–H groups in total. The Kier molecular flexibility index (Phi) is 4.39. The maximum absolute atomic E-state index is 12.9. The Morgan fingerprint density at radius 3 is 2.75 bits per heavy atom. The molecule has 3 heterocycles. The summed E-state index contributed by atoms with van der Waals surface area (Å²) in [6.45, 7) is 2.16. The molecule has 4 rings (SSSR count). The van der Waals surface area contributed by atoms with Crippen molar-refractivity contribution in [3.63, 3.8) is 0 Å². The molecule has 0 saturated carbocycles. The van der Waals surface area contributed by atoms with Gasteiger partial charge in [0.25, 0.3) is 5.56 Å². The summed E-state index contributed by atoms with van der Waals surface area (Å²) in [4.78, 5) is 33.8. The van der Waals surface area contributed by atoms with Crippen LogP contribution in [0, 0.1) is 0 Å². The van der Waals surface area contributed by atoms with Gasteiger partial charge < -0.3 is 4.90 Å². The molecule has 1 aliphatic carbocycles. The van der Waals surface area contributed by atoms with E-state index in [-0.39, 0.29) is 11.5 Å². The molecule has 5 nitrogen and oxygen atoms in total. The van der Waals surface area contributed by atoms with Gasteiger partial charge in [-0.25, -0.2) is 4.98 Å². The van der Waals surface area contributed by atoms with Gasteiger partial charge in [0.05, 0.1) is 11.7 Å². The van der Waals surface area contributed by atoms with Crippen LogP contribution in [0.2, 0.25) is 0 Å². The summed E-state index contributed by atoms with van der Waals surface area (Å²) in [5.74, 6) is 0.161. The number of amides is 1. The number of fused-ring (bicyclic) bond motifs is 3. The maximum atomic E-state index is 12.9. The minimum atomic E-state index is 0.0332. The number of carbonyl (C=O) groups is 1. The third-order valence-electron chi connectivity index (χ3n) is 5.22. The average Bonchev–Trinajstić information content (AvgIpc) is 3.01. The Morgan fingerprint density at radius 1 is 1.12 bits per heavy atom. The summed E-state index contributed by atoms with van der Waals surface area (Å²) in [7, 11) is 0. The van der Waals surface area contributed by atoms with Gasteiger partial charge in [-0.1, -0.05) is 0 Å². The quantitative estimate of drug-likeness (QED) is 0.859. The minimum Gasteiger partial charge on any atom is -0.343 e. The van der Waals surface area contributed by atoms with Gasteiger partial charge in [-0.2, -0.15) is 0 Å².